The Balaban J connectivity index is 2.38. The van der Waals surface area contributed by atoms with E-state index in [0.29, 0.717) is 12.2 Å². The first-order valence-corrected chi connectivity index (χ1v) is 7.08. The lowest BCUT2D eigenvalue weighted by Crippen LogP contribution is -2.25. The Labute approximate surface area is 124 Å². The van der Waals surface area contributed by atoms with Gasteiger partial charge in [0, 0.05) is 6.54 Å². The molecular formula is C16H20N4O. The maximum absolute atomic E-state index is 12.1. The normalized spacial score (nSPS) is 10.4. The molecule has 1 aromatic carbocycles. The van der Waals surface area contributed by atoms with Gasteiger partial charge in [-0.3, -0.25) is 4.79 Å². The molecule has 0 aliphatic rings. The van der Waals surface area contributed by atoms with E-state index in [9.17, 15) is 4.79 Å². The van der Waals surface area contributed by atoms with Gasteiger partial charge in [-0.1, -0.05) is 42.3 Å². The summed E-state index contributed by atoms with van der Waals surface area (Å²) in [6, 6.07) is 8.00. The summed E-state index contributed by atoms with van der Waals surface area (Å²) < 4.78 is 1.74. The number of nitrogens with one attached hydrogen (secondary N) is 1. The molecule has 0 radical (unpaired) electrons. The summed E-state index contributed by atoms with van der Waals surface area (Å²) in [5.74, 6) is -0.211. The molecule has 1 N–H and O–H groups in total. The van der Waals surface area contributed by atoms with E-state index in [0.717, 1.165) is 24.2 Å². The highest BCUT2D eigenvalue weighted by atomic mass is 16.2. The fourth-order valence-electron chi connectivity index (χ4n) is 2.08. The molecule has 21 heavy (non-hydrogen) atoms. The first kappa shape index (κ1) is 15.0. The van der Waals surface area contributed by atoms with Crippen molar-refractivity contribution in [2.45, 2.75) is 26.7 Å². The van der Waals surface area contributed by atoms with E-state index >= 15 is 0 Å². The molecule has 5 nitrogen and oxygen atoms in total. The number of carbonyl (C=O) groups excluding carboxylic acids is 1. The highest BCUT2D eigenvalue weighted by Gasteiger charge is 2.19. The second kappa shape index (κ2) is 6.83. The third-order valence-corrected chi connectivity index (χ3v) is 3.15. The number of rotatable bonds is 6. The summed E-state index contributed by atoms with van der Waals surface area (Å²) in [5.41, 5.74) is 3.32. The average Bonchev–Trinajstić information content (AvgIpc) is 2.90. The number of carbonyl (C=O) groups is 1. The molecule has 0 fully saturated rings. The number of hydrogen-bond donors (Lipinski definition) is 1. The van der Waals surface area contributed by atoms with E-state index in [2.05, 4.69) is 29.1 Å². The van der Waals surface area contributed by atoms with Gasteiger partial charge in [0.25, 0.3) is 5.91 Å². The summed E-state index contributed by atoms with van der Waals surface area (Å²) in [6.07, 6.45) is 3.31. The Morgan fingerprint density at radius 3 is 2.71 bits per heavy atom. The van der Waals surface area contributed by atoms with Crippen molar-refractivity contribution in [1.29, 1.82) is 0 Å². The number of aryl methyl sites for hydroxylation is 1. The van der Waals surface area contributed by atoms with E-state index in [1.807, 2.05) is 31.2 Å². The Morgan fingerprint density at radius 1 is 1.38 bits per heavy atom. The third-order valence-electron chi connectivity index (χ3n) is 3.15. The molecule has 0 unspecified atom stereocenters. The lowest BCUT2D eigenvalue weighted by molar-refractivity contribution is 0.0952. The maximum atomic E-state index is 12.1. The Bertz CT molecular complexity index is 628. The SMILES string of the molecule is C=CCNC(=O)c1nnn(-c2ccc(C)cc2)c1CCC. The van der Waals surface area contributed by atoms with Crippen LogP contribution >= 0.6 is 0 Å². The van der Waals surface area contributed by atoms with Crippen molar-refractivity contribution in [2.24, 2.45) is 0 Å². The van der Waals surface area contributed by atoms with Gasteiger partial charge < -0.3 is 5.32 Å². The van der Waals surface area contributed by atoms with Gasteiger partial charge in [0.05, 0.1) is 11.4 Å². The molecule has 2 rings (SSSR count). The van der Waals surface area contributed by atoms with Gasteiger partial charge in [-0.15, -0.1) is 11.7 Å². The Kier molecular flexibility index (Phi) is 4.87. The van der Waals surface area contributed by atoms with Crippen molar-refractivity contribution in [3.05, 3.63) is 53.9 Å². The van der Waals surface area contributed by atoms with E-state index in [1.54, 1.807) is 10.8 Å². The van der Waals surface area contributed by atoms with E-state index in [-0.39, 0.29) is 5.91 Å². The van der Waals surface area contributed by atoms with Gasteiger partial charge in [0.2, 0.25) is 0 Å². The van der Waals surface area contributed by atoms with Crippen LogP contribution in [0.25, 0.3) is 5.69 Å². The zero-order chi connectivity index (χ0) is 15.2. The molecule has 0 saturated heterocycles. The topological polar surface area (TPSA) is 59.8 Å². The van der Waals surface area contributed by atoms with Gasteiger partial charge in [0.15, 0.2) is 5.69 Å². The molecule has 0 saturated carbocycles. The van der Waals surface area contributed by atoms with E-state index < -0.39 is 0 Å². The first-order chi connectivity index (χ1) is 10.2. The number of nitrogens with zero attached hydrogens (tertiary/aromatic N) is 3. The molecule has 0 aliphatic heterocycles. The number of benzene rings is 1. The molecule has 5 heteroatoms. The van der Waals surface area contributed by atoms with Crippen LogP contribution in [-0.2, 0) is 6.42 Å². The summed E-state index contributed by atoms with van der Waals surface area (Å²) in [6.45, 7) is 8.11. The third kappa shape index (κ3) is 3.37. The van der Waals surface area contributed by atoms with Crippen LogP contribution in [0.15, 0.2) is 36.9 Å². The summed E-state index contributed by atoms with van der Waals surface area (Å²) in [5, 5.41) is 10.9. The van der Waals surface area contributed by atoms with Crippen LogP contribution in [-0.4, -0.2) is 27.4 Å². The first-order valence-electron chi connectivity index (χ1n) is 7.08. The van der Waals surface area contributed by atoms with E-state index in [1.165, 1.54) is 5.56 Å². The minimum Gasteiger partial charge on any atom is -0.347 e. The lowest BCUT2D eigenvalue weighted by atomic mass is 10.1. The lowest BCUT2D eigenvalue weighted by Gasteiger charge is -2.07. The van der Waals surface area contributed by atoms with Crippen LogP contribution in [0.4, 0.5) is 0 Å². The van der Waals surface area contributed by atoms with Crippen LogP contribution in [0.1, 0.15) is 35.1 Å². The second-order valence-electron chi connectivity index (χ2n) is 4.88. The molecule has 2 aromatic rings. The largest absolute Gasteiger partial charge is 0.347 e. The summed E-state index contributed by atoms with van der Waals surface area (Å²) >= 11 is 0. The van der Waals surface area contributed by atoms with Crippen molar-refractivity contribution in [3.8, 4) is 5.69 Å². The predicted octanol–water partition coefficient (Wildman–Crippen LogP) is 2.44. The van der Waals surface area contributed by atoms with Crippen molar-refractivity contribution >= 4 is 5.91 Å². The van der Waals surface area contributed by atoms with Gasteiger partial charge in [0.1, 0.15) is 0 Å². The summed E-state index contributed by atoms with van der Waals surface area (Å²) in [7, 11) is 0. The van der Waals surface area contributed by atoms with Crippen LogP contribution in [0.3, 0.4) is 0 Å². The van der Waals surface area contributed by atoms with Gasteiger partial charge in [-0.05, 0) is 25.5 Å². The van der Waals surface area contributed by atoms with E-state index in [4.69, 9.17) is 0 Å². The maximum Gasteiger partial charge on any atom is 0.274 e. The average molecular weight is 284 g/mol. The van der Waals surface area contributed by atoms with Crippen molar-refractivity contribution in [1.82, 2.24) is 20.3 Å². The molecule has 0 bridgehead atoms. The second-order valence-corrected chi connectivity index (χ2v) is 4.88. The van der Waals surface area contributed by atoms with Crippen LogP contribution < -0.4 is 5.32 Å². The van der Waals surface area contributed by atoms with Crippen molar-refractivity contribution in [3.63, 3.8) is 0 Å². The standard InChI is InChI=1S/C16H20N4O/c1-4-6-14-15(16(21)17-11-5-2)18-19-20(14)13-9-7-12(3)8-10-13/h5,7-10H,2,4,6,11H2,1,3H3,(H,17,21). The molecule has 0 spiro atoms. The molecule has 1 aromatic heterocycles. The molecule has 1 amide bonds. The summed E-state index contributed by atoms with van der Waals surface area (Å²) in [4.78, 5) is 12.1. The predicted molar refractivity (Wildman–Crippen MR) is 82.6 cm³/mol. The highest BCUT2D eigenvalue weighted by molar-refractivity contribution is 5.93. The zero-order valence-electron chi connectivity index (χ0n) is 12.5. The Morgan fingerprint density at radius 2 is 2.10 bits per heavy atom. The quantitative estimate of drug-likeness (QED) is 0.829. The minimum atomic E-state index is -0.211. The van der Waals surface area contributed by atoms with Crippen molar-refractivity contribution < 1.29 is 4.79 Å². The van der Waals surface area contributed by atoms with Crippen LogP contribution in [0.5, 0.6) is 0 Å². The fraction of sp³-hybridized carbons (Fsp3) is 0.312. The Hall–Kier alpha value is -2.43. The van der Waals surface area contributed by atoms with Crippen LogP contribution in [0, 0.1) is 6.92 Å². The smallest absolute Gasteiger partial charge is 0.274 e. The van der Waals surface area contributed by atoms with Crippen LogP contribution in [0.2, 0.25) is 0 Å². The molecule has 0 aliphatic carbocycles. The molecule has 110 valence electrons. The monoisotopic (exact) mass is 284 g/mol. The zero-order valence-corrected chi connectivity index (χ0v) is 12.5. The van der Waals surface area contributed by atoms with Gasteiger partial charge >= 0.3 is 0 Å². The molecular weight excluding hydrogens is 264 g/mol. The number of hydrogen-bond acceptors (Lipinski definition) is 3. The van der Waals surface area contributed by atoms with Gasteiger partial charge in [-0.2, -0.15) is 0 Å². The fourth-order valence-corrected chi connectivity index (χ4v) is 2.08. The number of amides is 1. The number of aromatic nitrogens is 3. The highest BCUT2D eigenvalue weighted by Crippen LogP contribution is 2.15. The molecule has 1 heterocycles. The minimum absolute atomic E-state index is 0.211. The molecule has 0 atom stereocenters. The van der Waals surface area contributed by atoms with Gasteiger partial charge in [-0.25, -0.2) is 4.68 Å². The van der Waals surface area contributed by atoms with Crippen molar-refractivity contribution in [2.75, 3.05) is 6.54 Å².